The number of carbonyl (C=O) groups excluding carboxylic acids is 1. The fraction of sp³-hybridized carbons (Fsp3) is 0.500. The highest BCUT2D eigenvalue weighted by molar-refractivity contribution is 7.09. The van der Waals surface area contributed by atoms with E-state index >= 15 is 0 Å². The van der Waals surface area contributed by atoms with Crippen molar-refractivity contribution in [2.24, 2.45) is 5.92 Å². The Hall–Kier alpha value is -1.34. The summed E-state index contributed by atoms with van der Waals surface area (Å²) >= 11 is 1.54. The van der Waals surface area contributed by atoms with Crippen molar-refractivity contribution in [3.8, 4) is 6.07 Å². The topological polar surface area (TPSA) is 50.1 Å². The van der Waals surface area contributed by atoms with Crippen molar-refractivity contribution in [2.75, 3.05) is 0 Å². The van der Waals surface area contributed by atoms with Gasteiger partial charge in [-0.1, -0.05) is 6.07 Å². The van der Waals surface area contributed by atoms with Crippen LogP contribution in [0.15, 0.2) is 17.5 Å². The smallest absolute Gasteiger partial charge is 0.324 e. The van der Waals surface area contributed by atoms with Crippen LogP contribution in [0, 0.1) is 17.2 Å². The average molecular weight is 237 g/mol. The van der Waals surface area contributed by atoms with Crippen molar-refractivity contribution in [3.05, 3.63) is 22.4 Å². The molecule has 16 heavy (non-hydrogen) atoms. The molecule has 0 fully saturated rings. The van der Waals surface area contributed by atoms with Crippen LogP contribution in [0.25, 0.3) is 0 Å². The van der Waals surface area contributed by atoms with E-state index < -0.39 is 17.5 Å². The average Bonchev–Trinajstić information content (AvgIpc) is 2.63. The first-order valence-electron chi connectivity index (χ1n) is 5.07. The highest BCUT2D eigenvalue weighted by Crippen LogP contribution is 2.17. The normalized spacial score (nSPS) is 12.9. The third kappa shape index (κ3) is 4.03. The zero-order valence-electron chi connectivity index (χ0n) is 9.69. The van der Waals surface area contributed by atoms with Crippen molar-refractivity contribution in [3.63, 3.8) is 0 Å². The zero-order valence-corrected chi connectivity index (χ0v) is 10.5. The second-order valence-electron chi connectivity index (χ2n) is 4.50. The number of thiophene rings is 1. The van der Waals surface area contributed by atoms with E-state index in [2.05, 4.69) is 0 Å². The lowest BCUT2D eigenvalue weighted by Gasteiger charge is -2.21. The molecular formula is C12H15NO2S. The van der Waals surface area contributed by atoms with Gasteiger partial charge in [0.25, 0.3) is 0 Å². The molecule has 0 saturated heterocycles. The van der Waals surface area contributed by atoms with Gasteiger partial charge in [0.2, 0.25) is 0 Å². The summed E-state index contributed by atoms with van der Waals surface area (Å²) in [7, 11) is 0. The maximum atomic E-state index is 11.7. The Kier molecular flexibility index (Phi) is 4.08. The molecule has 0 aliphatic rings. The Labute approximate surface area is 99.7 Å². The summed E-state index contributed by atoms with van der Waals surface area (Å²) in [6.45, 7) is 5.39. The Morgan fingerprint density at radius 3 is 2.75 bits per heavy atom. The third-order valence-electron chi connectivity index (χ3n) is 1.83. The maximum absolute atomic E-state index is 11.7. The SMILES string of the molecule is CC(C)(C)OC(=O)C(C#N)Cc1cccs1. The van der Waals surface area contributed by atoms with Crippen LogP contribution in [0.5, 0.6) is 0 Å². The van der Waals surface area contributed by atoms with Crippen LogP contribution in [0.2, 0.25) is 0 Å². The molecule has 0 amide bonds. The van der Waals surface area contributed by atoms with E-state index in [1.165, 1.54) is 0 Å². The molecule has 86 valence electrons. The molecule has 0 aromatic carbocycles. The summed E-state index contributed by atoms with van der Waals surface area (Å²) in [6, 6.07) is 5.82. The summed E-state index contributed by atoms with van der Waals surface area (Å²) in [5, 5.41) is 10.9. The van der Waals surface area contributed by atoms with Crippen molar-refractivity contribution in [1.29, 1.82) is 5.26 Å². The molecule has 1 heterocycles. The first-order valence-corrected chi connectivity index (χ1v) is 5.95. The number of nitriles is 1. The van der Waals surface area contributed by atoms with Gasteiger partial charge in [0, 0.05) is 11.3 Å². The van der Waals surface area contributed by atoms with Crippen molar-refractivity contribution in [1.82, 2.24) is 0 Å². The van der Waals surface area contributed by atoms with Gasteiger partial charge in [0.1, 0.15) is 11.5 Å². The largest absolute Gasteiger partial charge is 0.459 e. The number of hydrogen-bond acceptors (Lipinski definition) is 4. The van der Waals surface area contributed by atoms with Gasteiger partial charge in [-0.2, -0.15) is 5.26 Å². The Morgan fingerprint density at radius 1 is 1.62 bits per heavy atom. The minimum absolute atomic E-state index is 0.434. The minimum atomic E-state index is -0.710. The van der Waals surface area contributed by atoms with Crippen LogP contribution in [0.3, 0.4) is 0 Å². The van der Waals surface area contributed by atoms with E-state index in [0.717, 1.165) is 4.88 Å². The molecule has 3 nitrogen and oxygen atoms in total. The minimum Gasteiger partial charge on any atom is -0.459 e. The monoisotopic (exact) mass is 237 g/mol. The predicted molar refractivity (Wildman–Crippen MR) is 63.0 cm³/mol. The second-order valence-corrected chi connectivity index (χ2v) is 5.53. The number of nitrogens with zero attached hydrogens (tertiary/aromatic N) is 1. The Bertz CT molecular complexity index is 384. The van der Waals surface area contributed by atoms with Gasteiger partial charge in [0.05, 0.1) is 6.07 Å². The second kappa shape index (κ2) is 5.13. The highest BCUT2D eigenvalue weighted by atomic mass is 32.1. The van der Waals surface area contributed by atoms with Crippen molar-refractivity contribution >= 4 is 17.3 Å². The van der Waals surface area contributed by atoms with E-state index in [1.54, 1.807) is 32.1 Å². The lowest BCUT2D eigenvalue weighted by atomic mass is 10.1. The first kappa shape index (κ1) is 12.7. The molecule has 0 bridgehead atoms. The number of rotatable bonds is 3. The van der Waals surface area contributed by atoms with E-state index in [1.807, 2.05) is 23.6 Å². The molecule has 0 radical (unpaired) electrons. The summed E-state index contributed by atoms with van der Waals surface area (Å²) in [4.78, 5) is 12.7. The van der Waals surface area contributed by atoms with E-state index in [0.29, 0.717) is 6.42 Å². The Balaban J connectivity index is 2.62. The third-order valence-corrected chi connectivity index (χ3v) is 2.73. The molecule has 4 heteroatoms. The van der Waals surface area contributed by atoms with Crippen molar-refractivity contribution < 1.29 is 9.53 Å². The number of hydrogen-bond donors (Lipinski definition) is 0. The molecule has 1 unspecified atom stereocenters. The maximum Gasteiger partial charge on any atom is 0.324 e. The van der Waals surface area contributed by atoms with Gasteiger partial charge in [0.15, 0.2) is 0 Å². The van der Waals surface area contributed by atoms with Crippen LogP contribution in [-0.4, -0.2) is 11.6 Å². The van der Waals surface area contributed by atoms with Gasteiger partial charge in [-0.3, -0.25) is 4.79 Å². The molecule has 0 aliphatic carbocycles. The number of esters is 1. The quantitative estimate of drug-likeness (QED) is 0.759. The fourth-order valence-electron chi connectivity index (χ4n) is 1.18. The molecule has 1 aromatic heterocycles. The lowest BCUT2D eigenvalue weighted by molar-refractivity contribution is -0.157. The lowest BCUT2D eigenvalue weighted by Crippen LogP contribution is -2.29. The summed E-state index contributed by atoms with van der Waals surface area (Å²) in [5.74, 6) is -1.15. The molecule has 0 saturated carbocycles. The molecule has 1 aromatic rings. The van der Waals surface area contributed by atoms with Crippen LogP contribution in [0.1, 0.15) is 25.6 Å². The zero-order chi connectivity index (χ0) is 12.2. The van der Waals surface area contributed by atoms with Crippen LogP contribution >= 0.6 is 11.3 Å². The highest BCUT2D eigenvalue weighted by Gasteiger charge is 2.25. The first-order chi connectivity index (χ1) is 7.42. The molecule has 1 rings (SSSR count). The summed E-state index contributed by atoms with van der Waals surface area (Å²) in [6.07, 6.45) is 0.434. The van der Waals surface area contributed by atoms with Gasteiger partial charge in [-0.15, -0.1) is 11.3 Å². The Morgan fingerprint density at radius 2 is 2.31 bits per heavy atom. The van der Waals surface area contributed by atoms with Gasteiger partial charge in [-0.05, 0) is 32.2 Å². The molecular weight excluding hydrogens is 222 g/mol. The number of ether oxygens (including phenoxy) is 1. The molecule has 0 aliphatic heterocycles. The van der Waals surface area contributed by atoms with Crippen LogP contribution in [0.4, 0.5) is 0 Å². The van der Waals surface area contributed by atoms with Crippen LogP contribution in [-0.2, 0) is 16.0 Å². The van der Waals surface area contributed by atoms with Gasteiger partial charge >= 0.3 is 5.97 Å². The number of carbonyl (C=O) groups is 1. The fourth-order valence-corrected chi connectivity index (χ4v) is 1.94. The van der Waals surface area contributed by atoms with Crippen molar-refractivity contribution in [2.45, 2.75) is 32.8 Å². The van der Waals surface area contributed by atoms with Gasteiger partial charge in [-0.25, -0.2) is 0 Å². The molecule has 1 atom stereocenters. The standard InChI is InChI=1S/C12H15NO2S/c1-12(2,3)15-11(14)9(8-13)7-10-5-4-6-16-10/h4-6,9H,7H2,1-3H3. The molecule has 0 spiro atoms. The summed E-state index contributed by atoms with van der Waals surface area (Å²) in [5.41, 5.74) is -0.540. The summed E-state index contributed by atoms with van der Waals surface area (Å²) < 4.78 is 5.18. The van der Waals surface area contributed by atoms with E-state index in [4.69, 9.17) is 10.00 Å². The predicted octanol–water partition coefficient (Wildman–Crippen LogP) is 2.77. The van der Waals surface area contributed by atoms with E-state index in [-0.39, 0.29) is 0 Å². The van der Waals surface area contributed by atoms with E-state index in [9.17, 15) is 4.79 Å². The van der Waals surface area contributed by atoms with Crippen LogP contribution < -0.4 is 0 Å². The van der Waals surface area contributed by atoms with Gasteiger partial charge < -0.3 is 4.74 Å². The molecule has 0 N–H and O–H groups in total.